The van der Waals surface area contributed by atoms with Gasteiger partial charge in [0.1, 0.15) is 5.60 Å². The van der Waals surface area contributed by atoms with Gasteiger partial charge in [-0.25, -0.2) is 4.79 Å². The molecule has 0 spiro atoms. The number of anilines is 1. The summed E-state index contributed by atoms with van der Waals surface area (Å²) in [6.45, 7) is 4.40. The lowest BCUT2D eigenvalue weighted by atomic mass is 9.98. The Hall–Kier alpha value is -1.47. The molecule has 1 aromatic carbocycles. The predicted molar refractivity (Wildman–Crippen MR) is 79.2 cm³/mol. The Labute approximate surface area is 131 Å². The first-order valence-electron chi connectivity index (χ1n) is 6.50. The van der Waals surface area contributed by atoms with Crippen molar-refractivity contribution in [2.45, 2.75) is 38.5 Å². The lowest BCUT2D eigenvalue weighted by Crippen LogP contribution is -2.29. The molecule has 0 saturated heterocycles. The molecule has 0 aliphatic rings. The van der Waals surface area contributed by atoms with Gasteiger partial charge in [0.05, 0.1) is 16.6 Å². The smallest absolute Gasteiger partial charge is 0.412 e. The number of halogens is 4. The van der Waals surface area contributed by atoms with Crippen molar-refractivity contribution in [3.05, 3.63) is 28.8 Å². The van der Waals surface area contributed by atoms with Crippen molar-refractivity contribution in [2.75, 3.05) is 11.9 Å². The molecule has 22 heavy (non-hydrogen) atoms. The van der Waals surface area contributed by atoms with Gasteiger partial charge in [-0.1, -0.05) is 17.7 Å². The van der Waals surface area contributed by atoms with Crippen LogP contribution in [0.5, 0.6) is 0 Å². The molecule has 0 aromatic heterocycles. The molecule has 0 aliphatic carbocycles. The molecule has 1 atom stereocenters. The largest absolute Gasteiger partial charge is 0.444 e. The van der Waals surface area contributed by atoms with Crippen LogP contribution in [0.25, 0.3) is 0 Å². The van der Waals surface area contributed by atoms with E-state index in [0.717, 1.165) is 6.07 Å². The molecule has 0 bridgehead atoms. The van der Waals surface area contributed by atoms with Gasteiger partial charge in [0.15, 0.2) is 0 Å². The third-order valence-corrected chi connectivity index (χ3v) is 2.99. The molecule has 0 aliphatic heterocycles. The number of carbonyl (C=O) groups excluding carboxylic acids is 1. The second-order valence-corrected chi connectivity index (χ2v) is 6.10. The van der Waals surface area contributed by atoms with Crippen LogP contribution in [-0.2, 0) is 4.74 Å². The van der Waals surface area contributed by atoms with E-state index in [2.05, 4.69) is 5.32 Å². The molecule has 1 aromatic rings. The fraction of sp³-hybridized carbons (Fsp3) is 0.500. The molecule has 1 amide bonds. The van der Waals surface area contributed by atoms with Gasteiger partial charge >= 0.3 is 12.3 Å². The van der Waals surface area contributed by atoms with Crippen LogP contribution in [-0.4, -0.2) is 24.4 Å². The van der Waals surface area contributed by atoms with Crippen LogP contribution in [0.1, 0.15) is 32.3 Å². The van der Waals surface area contributed by atoms with Crippen LogP contribution in [0.2, 0.25) is 5.02 Å². The molecule has 3 N–H and O–H groups in total. The summed E-state index contributed by atoms with van der Waals surface area (Å²) in [4.78, 5) is 11.7. The van der Waals surface area contributed by atoms with Gasteiger partial charge in [-0.15, -0.1) is 0 Å². The number of ether oxygens (including phenoxy) is 1. The summed E-state index contributed by atoms with van der Waals surface area (Å²) in [7, 11) is 0. The number of rotatable bonds is 3. The predicted octanol–water partition coefficient (Wildman–Crippen LogP) is 4.29. The average molecular weight is 339 g/mol. The highest BCUT2D eigenvalue weighted by atomic mass is 35.5. The molecule has 4 nitrogen and oxygen atoms in total. The minimum Gasteiger partial charge on any atom is -0.444 e. The van der Waals surface area contributed by atoms with Crippen LogP contribution in [0.3, 0.4) is 0 Å². The normalized spacial score (nSPS) is 13.6. The molecular formula is C14H18ClF3N2O2. The Morgan fingerprint density at radius 3 is 2.41 bits per heavy atom. The number of alkyl halides is 3. The number of nitrogens with two attached hydrogens (primary N) is 1. The number of hydrogen-bond acceptors (Lipinski definition) is 3. The second kappa shape index (κ2) is 6.75. The molecule has 1 unspecified atom stereocenters. The van der Waals surface area contributed by atoms with Crippen molar-refractivity contribution in [3.8, 4) is 0 Å². The summed E-state index contributed by atoms with van der Waals surface area (Å²) >= 11 is 5.89. The minimum absolute atomic E-state index is 0.0381. The van der Waals surface area contributed by atoms with E-state index in [1.807, 2.05) is 0 Å². The maximum Gasteiger partial charge on any atom is 0.412 e. The Kier molecular flexibility index (Phi) is 5.70. The van der Waals surface area contributed by atoms with Crippen LogP contribution < -0.4 is 11.1 Å². The van der Waals surface area contributed by atoms with Gasteiger partial charge in [0.2, 0.25) is 0 Å². The Bertz CT molecular complexity index is 542. The number of hydrogen-bond donors (Lipinski definition) is 2. The first-order chi connectivity index (χ1) is 9.94. The highest BCUT2D eigenvalue weighted by Gasteiger charge is 2.39. The van der Waals surface area contributed by atoms with Crippen molar-refractivity contribution in [1.82, 2.24) is 0 Å². The average Bonchev–Trinajstić information content (AvgIpc) is 2.29. The molecule has 124 valence electrons. The zero-order chi connectivity index (χ0) is 17.1. The lowest BCUT2D eigenvalue weighted by Gasteiger charge is -2.22. The second-order valence-electron chi connectivity index (χ2n) is 5.70. The van der Waals surface area contributed by atoms with Crippen molar-refractivity contribution >= 4 is 23.4 Å². The Morgan fingerprint density at radius 1 is 1.36 bits per heavy atom. The lowest BCUT2D eigenvalue weighted by molar-refractivity contribution is -0.148. The van der Waals surface area contributed by atoms with E-state index in [4.69, 9.17) is 22.1 Å². The molecule has 0 radical (unpaired) electrons. The van der Waals surface area contributed by atoms with E-state index in [1.54, 1.807) is 20.8 Å². The quantitative estimate of drug-likeness (QED) is 0.864. The third kappa shape index (κ3) is 5.38. The van der Waals surface area contributed by atoms with Crippen LogP contribution in [0, 0.1) is 0 Å². The van der Waals surface area contributed by atoms with E-state index >= 15 is 0 Å². The molecule has 0 fully saturated rings. The maximum absolute atomic E-state index is 12.9. The Morgan fingerprint density at radius 2 is 1.95 bits per heavy atom. The standard InChI is InChI=1S/C14H18ClF3N2O2/c1-13(2,3)22-12(21)20-11-6-8(4-5-10(11)15)9(7-19)14(16,17)18/h4-6,9H,7,19H2,1-3H3,(H,20,21). The van der Waals surface area contributed by atoms with Gasteiger partial charge in [-0.2, -0.15) is 13.2 Å². The van der Waals surface area contributed by atoms with Crippen molar-refractivity contribution < 1.29 is 22.7 Å². The van der Waals surface area contributed by atoms with E-state index in [9.17, 15) is 18.0 Å². The van der Waals surface area contributed by atoms with Gasteiger partial charge < -0.3 is 10.5 Å². The zero-order valence-corrected chi connectivity index (χ0v) is 13.2. The van der Waals surface area contributed by atoms with Crippen LogP contribution in [0.15, 0.2) is 18.2 Å². The third-order valence-electron chi connectivity index (χ3n) is 2.66. The number of benzene rings is 1. The summed E-state index contributed by atoms with van der Waals surface area (Å²) < 4.78 is 43.7. The maximum atomic E-state index is 12.9. The highest BCUT2D eigenvalue weighted by molar-refractivity contribution is 6.33. The van der Waals surface area contributed by atoms with Gasteiger partial charge in [0.25, 0.3) is 0 Å². The zero-order valence-electron chi connectivity index (χ0n) is 12.4. The minimum atomic E-state index is -4.48. The van der Waals surface area contributed by atoms with Crippen molar-refractivity contribution in [1.29, 1.82) is 0 Å². The fourth-order valence-electron chi connectivity index (χ4n) is 1.73. The summed E-state index contributed by atoms with van der Waals surface area (Å²) in [5.41, 5.74) is 4.42. The monoisotopic (exact) mass is 338 g/mol. The SMILES string of the molecule is CC(C)(C)OC(=O)Nc1cc(C(CN)C(F)(F)F)ccc1Cl. The van der Waals surface area contributed by atoms with Gasteiger partial charge in [-0.05, 0) is 38.5 Å². The number of carbonyl (C=O) groups is 1. The van der Waals surface area contributed by atoms with Crippen LogP contribution >= 0.6 is 11.6 Å². The number of amides is 1. The molecule has 8 heteroatoms. The summed E-state index contributed by atoms with van der Waals surface area (Å²) in [6, 6.07) is 3.66. The fourth-order valence-corrected chi connectivity index (χ4v) is 1.89. The van der Waals surface area contributed by atoms with E-state index in [0.29, 0.717) is 0 Å². The molecule has 0 saturated carbocycles. The van der Waals surface area contributed by atoms with E-state index in [1.165, 1.54) is 12.1 Å². The summed E-state index contributed by atoms with van der Waals surface area (Å²) in [5.74, 6) is -1.83. The van der Waals surface area contributed by atoms with Crippen molar-refractivity contribution in [3.63, 3.8) is 0 Å². The topological polar surface area (TPSA) is 64.3 Å². The first kappa shape index (κ1) is 18.6. The van der Waals surface area contributed by atoms with Crippen molar-refractivity contribution in [2.24, 2.45) is 5.73 Å². The molecular weight excluding hydrogens is 321 g/mol. The highest BCUT2D eigenvalue weighted by Crippen LogP contribution is 2.36. The summed E-state index contributed by atoms with van der Waals surface area (Å²) in [6.07, 6.45) is -5.28. The number of nitrogens with one attached hydrogen (secondary N) is 1. The van der Waals surface area contributed by atoms with Gasteiger partial charge in [0, 0.05) is 6.54 Å². The van der Waals surface area contributed by atoms with Gasteiger partial charge in [-0.3, -0.25) is 5.32 Å². The Balaban J connectivity index is 3.02. The van der Waals surface area contributed by atoms with Crippen LogP contribution in [0.4, 0.5) is 23.7 Å². The van der Waals surface area contributed by atoms with E-state index in [-0.39, 0.29) is 16.3 Å². The first-order valence-corrected chi connectivity index (χ1v) is 6.88. The molecule has 1 rings (SSSR count). The molecule has 0 heterocycles. The summed E-state index contributed by atoms with van der Waals surface area (Å²) in [5, 5.41) is 2.44. The van der Waals surface area contributed by atoms with E-state index < -0.39 is 30.3 Å².